The summed E-state index contributed by atoms with van der Waals surface area (Å²) in [6, 6.07) is 1.64. The molecule has 0 saturated carbocycles. The zero-order chi connectivity index (χ0) is 12.7. The molecular formula is C13H21N3O. The van der Waals surface area contributed by atoms with E-state index < -0.39 is 0 Å². The second kappa shape index (κ2) is 6.89. The van der Waals surface area contributed by atoms with Crippen LogP contribution in [0.5, 0.6) is 0 Å². The molecule has 4 heteroatoms. The van der Waals surface area contributed by atoms with Gasteiger partial charge in [-0.3, -0.25) is 9.78 Å². The lowest BCUT2D eigenvalue weighted by Gasteiger charge is -2.07. The molecule has 0 aliphatic carbocycles. The van der Waals surface area contributed by atoms with E-state index in [1.807, 2.05) is 0 Å². The number of rotatable bonds is 6. The fraction of sp³-hybridized carbons (Fsp3) is 0.538. The lowest BCUT2D eigenvalue weighted by Crippen LogP contribution is -2.25. The van der Waals surface area contributed by atoms with Gasteiger partial charge in [0, 0.05) is 12.7 Å². The van der Waals surface area contributed by atoms with Crippen LogP contribution in [0.25, 0.3) is 0 Å². The first-order chi connectivity index (χ1) is 8.11. The van der Waals surface area contributed by atoms with Crippen LogP contribution >= 0.6 is 0 Å². The van der Waals surface area contributed by atoms with E-state index in [-0.39, 0.29) is 5.91 Å². The van der Waals surface area contributed by atoms with Crippen LogP contribution in [0.1, 0.15) is 43.5 Å². The molecule has 94 valence electrons. The molecular weight excluding hydrogens is 214 g/mol. The maximum atomic E-state index is 11.7. The van der Waals surface area contributed by atoms with Gasteiger partial charge in [0.1, 0.15) is 0 Å². The van der Waals surface area contributed by atoms with Crippen molar-refractivity contribution in [2.45, 2.75) is 33.1 Å². The minimum Gasteiger partial charge on any atom is -0.397 e. The topological polar surface area (TPSA) is 68.0 Å². The van der Waals surface area contributed by atoms with Gasteiger partial charge in [-0.05, 0) is 18.4 Å². The molecule has 0 unspecified atom stereocenters. The molecule has 0 radical (unpaired) electrons. The number of nitrogens with one attached hydrogen (secondary N) is 1. The summed E-state index contributed by atoms with van der Waals surface area (Å²) in [5.74, 6) is 0.607. The predicted octanol–water partition coefficient (Wildman–Crippen LogP) is 2.22. The number of pyridine rings is 1. The molecule has 1 aromatic heterocycles. The quantitative estimate of drug-likeness (QED) is 0.743. The number of nitrogens with zero attached hydrogens (tertiary/aromatic N) is 1. The molecule has 0 fully saturated rings. The zero-order valence-electron chi connectivity index (χ0n) is 10.6. The van der Waals surface area contributed by atoms with E-state index >= 15 is 0 Å². The van der Waals surface area contributed by atoms with E-state index in [4.69, 9.17) is 5.73 Å². The van der Waals surface area contributed by atoms with E-state index in [1.54, 1.807) is 12.3 Å². The van der Waals surface area contributed by atoms with Gasteiger partial charge in [0.25, 0.3) is 5.91 Å². The van der Waals surface area contributed by atoms with Gasteiger partial charge in [-0.1, -0.05) is 26.7 Å². The summed E-state index contributed by atoms with van der Waals surface area (Å²) in [5, 5.41) is 2.87. The average Bonchev–Trinajstić information content (AvgIpc) is 2.28. The fourth-order valence-electron chi connectivity index (χ4n) is 1.59. The molecule has 0 aliphatic heterocycles. The SMILES string of the molecule is CC(C)CCCCNC(=O)c1ccncc1N. The maximum Gasteiger partial charge on any atom is 0.253 e. The third-order valence-corrected chi connectivity index (χ3v) is 2.59. The van der Waals surface area contributed by atoms with E-state index in [2.05, 4.69) is 24.1 Å². The van der Waals surface area contributed by atoms with E-state index in [1.165, 1.54) is 12.6 Å². The van der Waals surface area contributed by atoms with Gasteiger partial charge < -0.3 is 11.1 Å². The van der Waals surface area contributed by atoms with Crippen molar-refractivity contribution in [3.8, 4) is 0 Å². The molecule has 1 aromatic rings. The third-order valence-electron chi connectivity index (χ3n) is 2.59. The summed E-state index contributed by atoms with van der Waals surface area (Å²) in [6.45, 7) is 5.11. The first-order valence-electron chi connectivity index (χ1n) is 6.09. The molecule has 17 heavy (non-hydrogen) atoms. The molecule has 0 atom stereocenters. The van der Waals surface area contributed by atoms with Crippen molar-refractivity contribution in [3.63, 3.8) is 0 Å². The third kappa shape index (κ3) is 4.85. The molecule has 1 rings (SSSR count). The molecule has 0 spiro atoms. The zero-order valence-corrected chi connectivity index (χ0v) is 10.6. The summed E-state index contributed by atoms with van der Waals surface area (Å²) in [5.41, 5.74) is 6.60. The van der Waals surface area contributed by atoms with E-state index in [9.17, 15) is 4.79 Å². The number of unbranched alkanes of at least 4 members (excludes halogenated alkanes) is 1. The maximum absolute atomic E-state index is 11.7. The number of hydrogen-bond acceptors (Lipinski definition) is 3. The Balaban J connectivity index is 2.29. The van der Waals surface area contributed by atoms with Gasteiger partial charge in [-0.2, -0.15) is 0 Å². The summed E-state index contributed by atoms with van der Waals surface area (Å²) in [6.07, 6.45) is 6.42. The molecule has 4 nitrogen and oxygen atoms in total. The summed E-state index contributed by atoms with van der Waals surface area (Å²) in [7, 11) is 0. The van der Waals surface area contributed by atoms with Gasteiger partial charge in [-0.15, -0.1) is 0 Å². The summed E-state index contributed by atoms with van der Waals surface area (Å²) in [4.78, 5) is 15.6. The molecule has 0 saturated heterocycles. The second-order valence-electron chi connectivity index (χ2n) is 4.61. The van der Waals surface area contributed by atoms with Crippen LogP contribution in [-0.4, -0.2) is 17.4 Å². The molecule has 0 aromatic carbocycles. The van der Waals surface area contributed by atoms with Crippen LogP contribution in [0, 0.1) is 5.92 Å². The Labute approximate surface area is 103 Å². The largest absolute Gasteiger partial charge is 0.397 e. The van der Waals surface area contributed by atoms with Gasteiger partial charge in [-0.25, -0.2) is 0 Å². The van der Waals surface area contributed by atoms with Gasteiger partial charge in [0.15, 0.2) is 0 Å². The number of anilines is 1. The number of aromatic nitrogens is 1. The smallest absolute Gasteiger partial charge is 0.253 e. The van der Waals surface area contributed by atoms with E-state index in [0.29, 0.717) is 17.8 Å². The highest BCUT2D eigenvalue weighted by Gasteiger charge is 2.07. The van der Waals surface area contributed by atoms with Crippen LogP contribution in [0.2, 0.25) is 0 Å². The first kappa shape index (κ1) is 13.5. The molecule has 0 aliphatic rings. The Hall–Kier alpha value is -1.58. The van der Waals surface area contributed by atoms with Crippen molar-refractivity contribution in [2.24, 2.45) is 5.92 Å². The molecule has 3 N–H and O–H groups in total. The lowest BCUT2D eigenvalue weighted by atomic mass is 10.1. The van der Waals surface area contributed by atoms with Crippen molar-refractivity contribution in [1.29, 1.82) is 0 Å². The Kier molecular flexibility index (Phi) is 5.46. The second-order valence-corrected chi connectivity index (χ2v) is 4.61. The van der Waals surface area contributed by atoms with Crippen molar-refractivity contribution in [2.75, 3.05) is 12.3 Å². The molecule has 1 amide bonds. The van der Waals surface area contributed by atoms with E-state index in [0.717, 1.165) is 18.8 Å². The van der Waals surface area contributed by atoms with Gasteiger partial charge >= 0.3 is 0 Å². The Morgan fingerprint density at radius 1 is 1.47 bits per heavy atom. The normalized spacial score (nSPS) is 10.5. The monoisotopic (exact) mass is 235 g/mol. The van der Waals surface area contributed by atoms with Crippen molar-refractivity contribution >= 4 is 11.6 Å². The highest BCUT2D eigenvalue weighted by atomic mass is 16.1. The number of carbonyl (C=O) groups is 1. The highest BCUT2D eigenvalue weighted by Crippen LogP contribution is 2.08. The Morgan fingerprint density at radius 2 is 2.24 bits per heavy atom. The van der Waals surface area contributed by atoms with Crippen LogP contribution < -0.4 is 11.1 Å². The van der Waals surface area contributed by atoms with Crippen LogP contribution in [-0.2, 0) is 0 Å². The van der Waals surface area contributed by atoms with Crippen molar-refractivity contribution in [3.05, 3.63) is 24.0 Å². The lowest BCUT2D eigenvalue weighted by molar-refractivity contribution is 0.0953. The Morgan fingerprint density at radius 3 is 2.88 bits per heavy atom. The van der Waals surface area contributed by atoms with Crippen molar-refractivity contribution < 1.29 is 4.79 Å². The summed E-state index contributed by atoms with van der Waals surface area (Å²) < 4.78 is 0. The molecule has 0 bridgehead atoms. The number of nitrogen functional groups attached to an aromatic ring is 1. The van der Waals surface area contributed by atoms with Crippen LogP contribution in [0.15, 0.2) is 18.5 Å². The average molecular weight is 235 g/mol. The molecule has 1 heterocycles. The number of nitrogens with two attached hydrogens (primary N) is 1. The summed E-state index contributed by atoms with van der Waals surface area (Å²) >= 11 is 0. The number of hydrogen-bond donors (Lipinski definition) is 2. The van der Waals surface area contributed by atoms with Gasteiger partial charge in [0.05, 0.1) is 17.4 Å². The number of carbonyl (C=O) groups excluding carboxylic acids is 1. The number of amides is 1. The standard InChI is InChI=1S/C13H21N3O/c1-10(2)5-3-4-7-16-13(17)11-6-8-15-9-12(11)14/h6,8-10H,3-5,7,14H2,1-2H3,(H,16,17). The fourth-order valence-corrected chi connectivity index (χ4v) is 1.59. The minimum atomic E-state index is -0.116. The van der Waals surface area contributed by atoms with Gasteiger partial charge in [0.2, 0.25) is 0 Å². The minimum absolute atomic E-state index is 0.116. The van der Waals surface area contributed by atoms with Crippen LogP contribution in [0.3, 0.4) is 0 Å². The predicted molar refractivity (Wildman–Crippen MR) is 69.7 cm³/mol. The van der Waals surface area contributed by atoms with Crippen molar-refractivity contribution in [1.82, 2.24) is 10.3 Å². The highest BCUT2D eigenvalue weighted by molar-refractivity contribution is 5.98. The first-order valence-corrected chi connectivity index (χ1v) is 6.09. The van der Waals surface area contributed by atoms with Crippen LogP contribution in [0.4, 0.5) is 5.69 Å². The Bertz CT molecular complexity index is 363.